The molecule has 4 aromatic rings. The fourth-order valence-electron chi connectivity index (χ4n) is 5.52. The van der Waals surface area contributed by atoms with Crippen molar-refractivity contribution in [3.05, 3.63) is 136 Å². The van der Waals surface area contributed by atoms with Gasteiger partial charge in [-0.05, 0) is 33.9 Å². The highest BCUT2D eigenvalue weighted by Crippen LogP contribution is 2.43. The molecule has 3 heteroatoms. The third-order valence-corrected chi connectivity index (χ3v) is 8.07. The smallest absolute Gasteiger partial charge is 0.128 e. The van der Waals surface area contributed by atoms with Crippen LogP contribution in [0.15, 0.2) is 102 Å². The summed E-state index contributed by atoms with van der Waals surface area (Å²) < 4.78 is 0. The maximum Gasteiger partial charge on any atom is 0.128 e. The molecule has 1 aliphatic carbocycles. The van der Waals surface area contributed by atoms with E-state index < -0.39 is 11.5 Å². The number of phenolic OH excluding ortho intramolecular Hbond substituents is 1. The highest BCUT2D eigenvalue weighted by molar-refractivity contribution is 5.85. The highest BCUT2D eigenvalue weighted by atomic mass is 16.3. The number of phenols is 1. The second kappa shape index (κ2) is 9.64. The Bertz CT molecular complexity index is 1420. The molecule has 0 bridgehead atoms. The van der Waals surface area contributed by atoms with Gasteiger partial charge in [0.15, 0.2) is 0 Å². The first-order valence-corrected chi connectivity index (χ1v) is 13.0. The van der Waals surface area contributed by atoms with Gasteiger partial charge in [-0.15, -0.1) is 0 Å². The number of benzene rings is 4. The molecule has 188 valence electrons. The predicted molar refractivity (Wildman–Crippen MR) is 152 cm³/mol. The molecule has 0 radical (unpaired) electrons. The van der Waals surface area contributed by atoms with Crippen LogP contribution in [0.5, 0.6) is 5.75 Å². The van der Waals surface area contributed by atoms with Crippen LogP contribution in [-0.4, -0.2) is 22.5 Å². The second-order valence-electron chi connectivity index (χ2n) is 11.1. The van der Waals surface area contributed by atoms with Crippen LogP contribution in [0, 0.1) is 0 Å². The number of hydrogen-bond donors (Lipinski definition) is 2. The summed E-state index contributed by atoms with van der Waals surface area (Å²) in [6.07, 6.45) is 1.78. The molecule has 0 fully saturated rings. The summed E-state index contributed by atoms with van der Waals surface area (Å²) in [5.74, 6) is 0.228. The van der Waals surface area contributed by atoms with Crippen molar-refractivity contribution in [2.24, 2.45) is 4.99 Å². The Kier molecular flexibility index (Phi) is 6.51. The largest absolute Gasteiger partial charge is 0.507 e. The topological polar surface area (TPSA) is 52.8 Å². The van der Waals surface area contributed by atoms with Crippen molar-refractivity contribution in [3.63, 3.8) is 0 Å². The van der Waals surface area contributed by atoms with Crippen molar-refractivity contribution >= 4 is 6.21 Å². The Morgan fingerprint density at radius 2 is 1.30 bits per heavy atom. The summed E-state index contributed by atoms with van der Waals surface area (Å²) in [7, 11) is 0. The summed E-state index contributed by atoms with van der Waals surface area (Å²) in [5.41, 5.74) is 6.41. The first kappa shape index (κ1) is 25.0. The van der Waals surface area contributed by atoms with Crippen LogP contribution in [0.3, 0.4) is 0 Å². The van der Waals surface area contributed by atoms with Crippen LogP contribution in [0.4, 0.5) is 0 Å². The van der Waals surface area contributed by atoms with E-state index in [4.69, 9.17) is 4.99 Å². The van der Waals surface area contributed by atoms with Crippen molar-refractivity contribution in [1.82, 2.24) is 0 Å². The van der Waals surface area contributed by atoms with Gasteiger partial charge in [0.25, 0.3) is 0 Å². The Balaban J connectivity index is 1.65. The molecule has 1 aliphatic rings. The summed E-state index contributed by atoms with van der Waals surface area (Å²) >= 11 is 0. The zero-order valence-corrected chi connectivity index (χ0v) is 22.0. The third kappa shape index (κ3) is 4.60. The Morgan fingerprint density at radius 3 is 1.95 bits per heavy atom. The van der Waals surface area contributed by atoms with Gasteiger partial charge < -0.3 is 10.2 Å². The zero-order valence-electron chi connectivity index (χ0n) is 22.0. The van der Waals surface area contributed by atoms with Crippen LogP contribution in [0.25, 0.3) is 0 Å². The van der Waals surface area contributed by atoms with Crippen molar-refractivity contribution < 1.29 is 10.2 Å². The van der Waals surface area contributed by atoms with Crippen molar-refractivity contribution in [3.8, 4) is 5.75 Å². The molecule has 3 nitrogen and oxygen atoms in total. The fourth-order valence-corrected chi connectivity index (χ4v) is 5.52. The second-order valence-corrected chi connectivity index (χ2v) is 11.1. The van der Waals surface area contributed by atoms with Gasteiger partial charge in [0, 0.05) is 34.6 Å². The van der Waals surface area contributed by atoms with Crippen LogP contribution >= 0.6 is 0 Å². The minimum atomic E-state index is -0.569. The first-order valence-electron chi connectivity index (χ1n) is 13.0. The summed E-state index contributed by atoms with van der Waals surface area (Å²) in [4.78, 5) is 4.83. The SMILES string of the molecule is CC(C)(c1ccccc1)c1cc(C=N[C@@H]2c3ccccc3C[C@@H]2O)c(O)c(C(C)(C)c2ccccc2)c1. The van der Waals surface area contributed by atoms with E-state index in [1.54, 1.807) is 6.21 Å². The molecule has 0 unspecified atom stereocenters. The minimum Gasteiger partial charge on any atom is -0.507 e. The molecule has 0 saturated carbocycles. The average Bonchev–Trinajstić information content (AvgIpc) is 3.23. The van der Waals surface area contributed by atoms with Gasteiger partial charge in [0.05, 0.1) is 6.10 Å². The molecule has 4 aromatic carbocycles. The Morgan fingerprint density at radius 1 is 0.730 bits per heavy atom. The molecular weight excluding hydrogens is 454 g/mol. The van der Waals surface area contributed by atoms with Crippen LogP contribution in [0.1, 0.15) is 72.7 Å². The van der Waals surface area contributed by atoms with Crippen LogP contribution < -0.4 is 0 Å². The summed E-state index contributed by atoms with van der Waals surface area (Å²) in [5, 5.41) is 22.4. The van der Waals surface area contributed by atoms with Gasteiger partial charge in [-0.1, -0.05) is 119 Å². The van der Waals surface area contributed by atoms with Gasteiger partial charge in [0.1, 0.15) is 11.8 Å². The highest BCUT2D eigenvalue weighted by Gasteiger charge is 2.33. The van der Waals surface area contributed by atoms with Gasteiger partial charge in [0.2, 0.25) is 0 Å². The van der Waals surface area contributed by atoms with Crippen molar-refractivity contribution in [2.75, 3.05) is 0 Å². The maximum atomic E-state index is 11.6. The lowest BCUT2D eigenvalue weighted by atomic mass is 9.72. The molecule has 2 atom stereocenters. The molecule has 0 heterocycles. The van der Waals surface area contributed by atoms with Gasteiger partial charge in [-0.3, -0.25) is 4.99 Å². The fraction of sp³-hybridized carbons (Fsp3) is 0.265. The summed E-state index contributed by atoms with van der Waals surface area (Å²) in [6, 6.07) is 32.7. The first-order chi connectivity index (χ1) is 17.7. The van der Waals surface area contributed by atoms with Gasteiger partial charge >= 0.3 is 0 Å². The summed E-state index contributed by atoms with van der Waals surface area (Å²) in [6.45, 7) is 8.72. The number of aliphatic imine (C=N–C) groups is 1. The Labute approximate surface area is 220 Å². The van der Waals surface area contributed by atoms with E-state index in [9.17, 15) is 10.2 Å². The number of fused-ring (bicyclic) bond motifs is 1. The third-order valence-electron chi connectivity index (χ3n) is 8.07. The van der Waals surface area contributed by atoms with E-state index in [2.05, 4.69) is 76.2 Å². The van der Waals surface area contributed by atoms with Crippen molar-refractivity contribution in [2.45, 2.75) is 57.1 Å². The van der Waals surface area contributed by atoms with E-state index in [0.717, 1.165) is 27.8 Å². The molecule has 37 heavy (non-hydrogen) atoms. The van der Waals surface area contributed by atoms with Crippen LogP contribution in [0.2, 0.25) is 0 Å². The number of aromatic hydroxyl groups is 1. The van der Waals surface area contributed by atoms with Gasteiger partial charge in [-0.25, -0.2) is 0 Å². The standard InChI is InChI=1S/C34H35NO2/c1-33(2,25-14-7-5-8-15-25)27-19-24(22-35-31-28-18-12-11-13-23(28)20-30(31)36)32(37)29(21-27)34(3,4)26-16-9-6-10-17-26/h5-19,21-22,30-31,36-37H,20H2,1-4H3/t30-,31+/m0/s1. The number of rotatable bonds is 6. The van der Waals surface area contributed by atoms with Crippen molar-refractivity contribution in [1.29, 1.82) is 0 Å². The molecule has 0 aromatic heterocycles. The van der Waals surface area contributed by atoms with Gasteiger partial charge in [-0.2, -0.15) is 0 Å². The molecule has 0 amide bonds. The maximum absolute atomic E-state index is 11.6. The lowest BCUT2D eigenvalue weighted by molar-refractivity contribution is 0.159. The van der Waals surface area contributed by atoms with E-state index in [1.165, 1.54) is 5.56 Å². The molecular formula is C34H35NO2. The molecule has 5 rings (SSSR count). The molecule has 0 aliphatic heterocycles. The van der Waals surface area contributed by atoms with E-state index in [-0.39, 0.29) is 17.2 Å². The zero-order chi connectivity index (χ0) is 26.2. The number of aliphatic hydroxyl groups excluding tert-OH is 1. The lowest BCUT2D eigenvalue weighted by Crippen LogP contribution is -2.24. The minimum absolute atomic E-state index is 0.228. The van der Waals surface area contributed by atoms with E-state index in [0.29, 0.717) is 12.0 Å². The van der Waals surface area contributed by atoms with E-state index >= 15 is 0 Å². The lowest BCUT2D eigenvalue weighted by Gasteiger charge is -2.32. The monoisotopic (exact) mass is 489 g/mol. The quantitative estimate of drug-likeness (QED) is 0.283. The number of hydrogen-bond acceptors (Lipinski definition) is 3. The average molecular weight is 490 g/mol. The molecule has 0 spiro atoms. The number of aliphatic hydroxyl groups is 1. The van der Waals surface area contributed by atoms with Crippen LogP contribution in [-0.2, 0) is 17.3 Å². The number of nitrogens with zero attached hydrogens (tertiary/aromatic N) is 1. The molecule has 2 N–H and O–H groups in total. The van der Waals surface area contributed by atoms with E-state index in [1.807, 2.05) is 48.5 Å². The predicted octanol–water partition coefficient (Wildman–Crippen LogP) is 7.12. The normalized spacial score (nSPS) is 17.8. The Hall–Kier alpha value is -3.69. The molecule has 0 saturated heterocycles.